The van der Waals surface area contributed by atoms with Gasteiger partial charge >= 0.3 is 6.09 Å². The zero-order valence-electron chi connectivity index (χ0n) is 15.8. The fourth-order valence-corrected chi connectivity index (χ4v) is 5.25. The normalized spacial score (nSPS) is 29.8. The molecule has 1 aliphatic carbocycles. The molecule has 1 aromatic rings. The summed E-state index contributed by atoms with van der Waals surface area (Å²) in [6.07, 6.45) is 6.77. The van der Waals surface area contributed by atoms with Crippen LogP contribution in [-0.4, -0.2) is 65.3 Å². The van der Waals surface area contributed by atoms with Gasteiger partial charge in [-0.3, -0.25) is 0 Å². The Balaban J connectivity index is 1.32. The second kappa shape index (κ2) is 6.72. The van der Waals surface area contributed by atoms with Crippen LogP contribution in [0.1, 0.15) is 49.1 Å². The quantitative estimate of drug-likeness (QED) is 0.898. The second-order valence-corrected chi connectivity index (χ2v) is 8.44. The molecule has 4 rings (SSSR count). The van der Waals surface area contributed by atoms with E-state index in [1.54, 1.807) is 12.0 Å². The van der Waals surface area contributed by atoms with E-state index in [9.17, 15) is 9.90 Å². The van der Waals surface area contributed by atoms with Crippen LogP contribution < -0.4 is 4.74 Å². The molecule has 3 aliphatic rings. The zero-order valence-corrected chi connectivity index (χ0v) is 15.8. The number of pyridine rings is 1. The highest BCUT2D eigenvalue weighted by Crippen LogP contribution is 2.51. The number of rotatable bonds is 3. The molecule has 0 aromatic carbocycles. The minimum Gasteiger partial charge on any atom is -0.481 e. The van der Waals surface area contributed by atoms with Crippen LogP contribution >= 0.6 is 0 Å². The van der Waals surface area contributed by atoms with Gasteiger partial charge in [0.2, 0.25) is 5.88 Å². The Morgan fingerprint density at radius 1 is 1.31 bits per heavy atom. The van der Waals surface area contributed by atoms with Crippen molar-refractivity contribution in [2.45, 2.75) is 51.0 Å². The number of carboxylic acid groups (broad SMARTS) is 1. The Hall–Kier alpha value is -1.82. The Morgan fingerprint density at radius 3 is 2.65 bits per heavy atom. The summed E-state index contributed by atoms with van der Waals surface area (Å²) in [7, 11) is 1.70. The highest BCUT2D eigenvalue weighted by molar-refractivity contribution is 5.65. The third-order valence-electron chi connectivity index (χ3n) is 6.74. The average molecular weight is 359 g/mol. The average Bonchev–Trinajstić information content (AvgIpc) is 3.07. The SMILES string of the molecule is COc1ncc(C)cc1C1CCN(C2CC3(CCN(C(=O)O)C3)C2)CC1. The summed E-state index contributed by atoms with van der Waals surface area (Å²) < 4.78 is 5.48. The van der Waals surface area contributed by atoms with Crippen molar-refractivity contribution >= 4 is 6.09 Å². The summed E-state index contributed by atoms with van der Waals surface area (Å²) in [5, 5.41) is 9.18. The van der Waals surface area contributed by atoms with E-state index in [1.165, 1.54) is 11.1 Å². The van der Waals surface area contributed by atoms with Gasteiger partial charge in [0, 0.05) is 30.9 Å². The van der Waals surface area contributed by atoms with Crippen molar-refractivity contribution in [1.82, 2.24) is 14.8 Å². The monoisotopic (exact) mass is 359 g/mol. The van der Waals surface area contributed by atoms with Gasteiger partial charge < -0.3 is 19.6 Å². The molecule has 6 nitrogen and oxygen atoms in total. The van der Waals surface area contributed by atoms with Crippen LogP contribution in [0.3, 0.4) is 0 Å². The van der Waals surface area contributed by atoms with Crippen molar-refractivity contribution in [3.05, 3.63) is 23.4 Å². The Morgan fingerprint density at radius 2 is 2.04 bits per heavy atom. The number of amides is 1. The molecule has 26 heavy (non-hydrogen) atoms. The maximum Gasteiger partial charge on any atom is 0.407 e. The van der Waals surface area contributed by atoms with Gasteiger partial charge in [0.25, 0.3) is 0 Å². The first-order chi connectivity index (χ1) is 12.5. The smallest absolute Gasteiger partial charge is 0.407 e. The zero-order chi connectivity index (χ0) is 18.3. The maximum absolute atomic E-state index is 11.2. The molecule has 1 aromatic heterocycles. The Labute approximate surface area is 155 Å². The van der Waals surface area contributed by atoms with Crippen molar-refractivity contribution in [3.63, 3.8) is 0 Å². The van der Waals surface area contributed by atoms with E-state index in [0.717, 1.165) is 57.6 Å². The largest absolute Gasteiger partial charge is 0.481 e. The van der Waals surface area contributed by atoms with Crippen molar-refractivity contribution in [1.29, 1.82) is 0 Å². The predicted molar refractivity (Wildman–Crippen MR) is 98.7 cm³/mol. The van der Waals surface area contributed by atoms with E-state index < -0.39 is 6.09 Å². The number of piperidine rings is 1. The predicted octanol–water partition coefficient (Wildman–Crippen LogP) is 3.11. The number of aryl methyl sites for hydroxylation is 1. The molecule has 142 valence electrons. The molecule has 6 heteroatoms. The summed E-state index contributed by atoms with van der Waals surface area (Å²) >= 11 is 0. The van der Waals surface area contributed by atoms with Gasteiger partial charge in [-0.1, -0.05) is 0 Å². The summed E-state index contributed by atoms with van der Waals surface area (Å²) in [6, 6.07) is 2.87. The first kappa shape index (κ1) is 17.6. The van der Waals surface area contributed by atoms with E-state index in [1.807, 2.05) is 6.20 Å². The van der Waals surface area contributed by atoms with E-state index in [2.05, 4.69) is 22.9 Å². The maximum atomic E-state index is 11.2. The number of nitrogens with zero attached hydrogens (tertiary/aromatic N) is 3. The third kappa shape index (κ3) is 3.15. The Bertz CT molecular complexity index is 679. The lowest BCUT2D eigenvalue weighted by Gasteiger charge is -2.51. The number of ether oxygens (including phenoxy) is 1. The molecule has 0 radical (unpaired) electrons. The van der Waals surface area contributed by atoms with Crippen molar-refractivity contribution in [3.8, 4) is 5.88 Å². The fraction of sp³-hybridized carbons (Fsp3) is 0.700. The molecular formula is C20H29N3O3. The lowest BCUT2D eigenvalue weighted by molar-refractivity contribution is -0.00395. The molecule has 0 unspecified atom stereocenters. The van der Waals surface area contributed by atoms with Gasteiger partial charge in [-0.05, 0) is 75.1 Å². The molecule has 2 aliphatic heterocycles. The number of aromatic nitrogens is 1. The van der Waals surface area contributed by atoms with E-state index in [4.69, 9.17) is 4.74 Å². The molecule has 3 fully saturated rings. The molecule has 2 saturated heterocycles. The third-order valence-corrected chi connectivity index (χ3v) is 6.74. The van der Waals surface area contributed by atoms with Crippen LogP contribution in [0.5, 0.6) is 5.88 Å². The van der Waals surface area contributed by atoms with Gasteiger partial charge in [-0.25, -0.2) is 9.78 Å². The van der Waals surface area contributed by atoms with Crippen molar-refractivity contribution < 1.29 is 14.6 Å². The molecule has 0 bridgehead atoms. The molecule has 0 atom stereocenters. The van der Waals surface area contributed by atoms with Gasteiger partial charge in [-0.2, -0.15) is 0 Å². The molecular weight excluding hydrogens is 330 g/mol. The minimum atomic E-state index is -0.758. The molecule has 1 amide bonds. The van der Waals surface area contributed by atoms with Crippen molar-refractivity contribution in [2.24, 2.45) is 5.41 Å². The molecule has 3 heterocycles. The number of hydrogen-bond acceptors (Lipinski definition) is 4. The van der Waals surface area contributed by atoms with Crippen LogP contribution in [0, 0.1) is 12.3 Å². The van der Waals surface area contributed by atoms with E-state index in [-0.39, 0.29) is 5.41 Å². The van der Waals surface area contributed by atoms with E-state index >= 15 is 0 Å². The van der Waals surface area contributed by atoms with Crippen molar-refractivity contribution in [2.75, 3.05) is 33.3 Å². The molecule has 1 spiro atoms. The van der Waals surface area contributed by atoms with E-state index in [0.29, 0.717) is 18.5 Å². The standard InChI is InChI=1S/C20H29N3O3/c1-14-9-17(18(26-2)21-12-14)15-3-6-22(7-4-15)16-10-20(11-16)5-8-23(13-20)19(24)25/h9,12,15-16H,3-8,10-11,13H2,1-2H3,(H,24,25). The first-order valence-electron chi connectivity index (χ1n) is 9.72. The topological polar surface area (TPSA) is 65.9 Å². The second-order valence-electron chi connectivity index (χ2n) is 8.44. The van der Waals surface area contributed by atoms with Crippen LogP contribution in [-0.2, 0) is 0 Å². The Kier molecular flexibility index (Phi) is 4.55. The summed E-state index contributed by atoms with van der Waals surface area (Å²) in [4.78, 5) is 19.8. The van der Waals surface area contributed by atoms with Crippen LogP contribution in [0.2, 0.25) is 0 Å². The van der Waals surface area contributed by atoms with Gasteiger partial charge in [-0.15, -0.1) is 0 Å². The summed E-state index contributed by atoms with van der Waals surface area (Å²) in [5.74, 6) is 1.30. The lowest BCUT2D eigenvalue weighted by atomic mass is 9.64. The van der Waals surface area contributed by atoms with Crippen LogP contribution in [0.4, 0.5) is 4.79 Å². The minimum absolute atomic E-state index is 0.267. The molecule has 1 saturated carbocycles. The summed E-state index contributed by atoms with van der Waals surface area (Å²) in [6.45, 7) is 5.77. The van der Waals surface area contributed by atoms with Gasteiger partial charge in [0.1, 0.15) is 0 Å². The number of carbonyl (C=O) groups is 1. The van der Waals surface area contributed by atoms with Gasteiger partial charge in [0.15, 0.2) is 0 Å². The number of methoxy groups -OCH3 is 1. The number of hydrogen-bond donors (Lipinski definition) is 1. The van der Waals surface area contributed by atoms with Gasteiger partial charge in [0.05, 0.1) is 7.11 Å². The number of likely N-dealkylation sites (tertiary alicyclic amines) is 2. The van der Waals surface area contributed by atoms with Crippen LogP contribution in [0.15, 0.2) is 12.3 Å². The lowest BCUT2D eigenvalue weighted by Crippen LogP contribution is -2.54. The molecule has 1 N–H and O–H groups in total. The first-order valence-corrected chi connectivity index (χ1v) is 9.72. The highest BCUT2D eigenvalue weighted by Gasteiger charge is 2.51. The van der Waals surface area contributed by atoms with Crippen LogP contribution in [0.25, 0.3) is 0 Å². The fourth-order valence-electron chi connectivity index (χ4n) is 5.25. The summed E-state index contributed by atoms with van der Waals surface area (Å²) in [5.41, 5.74) is 2.71. The highest BCUT2D eigenvalue weighted by atomic mass is 16.5.